The number of nitrogens with one attached hydrogen (secondary N) is 2. The van der Waals surface area contributed by atoms with Gasteiger partial charge < -0.3 is 10.6 Å². The second kappa shape index (κ2) is 9.90. The van der Waals surface area contributed by atoms with Gasteiger partial charge in [-0.3, -0.25) is 0 Å². The van der Waals surface area contributed by atoms with Crippen LogP contribution in [-0.4, -0.2) is 9.97 Å². The summed E-state index contributed by atoms with van der Waals surface area (Å²) in [6.07, 6.45) is 3.03. The molecule has 1 heterocycles. The molecule has 0 aliphatic carbocycles. The number of rotatable bonds is 9. The number of halogens is 1. The van der Waals surface area contributed by atoms with Gasteiger partial charge in [0.2, 0.25) is 0 Å². The van der Waals surface area contributed by atoms with Gasteiger partial charge in [-0.05, 0) is 42.9 Å². The van der Waals surface area contributed by atoms with Gasteiger partial charge in [-0.2, -0.15) is 0 Å². The van der Waals surface area contributed by atoms with Gasteiger partial charge in [0.05, 0.1) is 11.9 Å². The second-order valence-electron chi connectivity index (χ2n) is 8.69. The van der Waals surface area contributed by atoms with E-state index in [1.165, 1.54) is 0 Å². The maximum atomic E-state index is 15.9. The van der Waals surface area contributed by atoms with Crippen molar-refractivity contribution in [3.63, 3.8) is 0 Å². The van der Waals surface area contributed by atoms with Crippen molar-refractivity contribution in [1.29, 1.82) is 0 Å². The van der Waals surface area contributed by atoms with Crippen molar-refractivity contribution in [3.8, 4) is 0 Å². The SMILES string of the molecule is CCC(F)(c1ccccc1Nc1nc(CC(C)C)cnc1Nc1ccccc1)C(C)C. The summed E-state index contributed by atoms with van der Waals surface area (Å²) < 4.78 is 15.9. The summed E-state index contributed by atoms with van der Waals surface area (Å²) in [5.74, 6) is 1.51. The lowest BCUT2D eigenvalue weighted by Gasteiger charge is -2.31. The van der Waals surface area contributed by atoms with Crippen molar-refractivity contribution in [2.24, 2.45) is 11.8 Å². The highest BCUT2D eigenvalue weighted by Gasteiger charge is 2.36. The van der Waals surface area contributed by atoms with Crippen LogP contribution >= 0.6 is 0 Å². The molecule has 3 aromatic rings. The minimum atomic E-state index is -1.43. The predicted octanol–water partition coefficient (Wildman–Crippen LogP) is 7.39. The van der Waals surface area contributed by atoms with E-state index in [1.807, 2.05) is 81.6 Å². The van der Waals surface area contributed by atoms with Gasteiger partial charge in [0.1, 0.15) is 5.67 Å². The van der Waals surface area contributed by atoms with Crippen LogP contribution in [0.3, 0.4) is 0 Å². The highest BCUT2D eigenvalue weighted by Crippen LogP contribution is 2.42. The molecule has 4 nitrogen and oxygen atoms in total. The fraction of sp³-hybridized carbons (Fsp3) is 0.385. The highest BCUT2D eigenvalue weighted by molar-refractivity contribution is 5.73. The quantitative estimate of drug-likeness (QED) is 0.379. The van der Waals surface area contributed by atoms with Crippen LogP contribution in [-0.2, 0) is 12.1 Å². The minimum Gasteiger partial charge on any atom is -0.337 e. The van der Waals surface area contributed by atoms with Crippen molar-refractivity contribution in [1.82, 2.24) is 9.97 Å². The van der Waals surface area contributed by atoms with Crippen LogP contribution in [0.1, 0.15) is 52.3 Å². The lowest BCUT2D eigenvalue weighted by atomic mass is 9.82. The molecule has 164 valence electrons. The Morgan fingerprint density at radius 2 is 1.58 bits per heavy atom. The molecule has 31 heavy (non-hydrogen) atoms. The fourth-order valence-electron chi connectivity index (χ4n) is 3.77. The molecule has 0 fully saturated rings. The molecule has 2 N–H and O–H groups in total. The molecule has 0 radical (unpaired) electrons. The van der Waals surface area contributed by atoms with Crippen molar-refractivity contribution < 1.29 is 4.39 Å². The Hall–Kier alpha value is -2.95. The van der Waals surface area contributed by atoms with Crippen LogP contribution in [0.15, 0.2) is 60.8 Å². The molecule has 0 saturated carbocycles. The molecule has 0 aliphatic heterocycles. The third-order valence-electron chi connectivity index (χ3n) is 5.53. The first kappa shape index (κ1) is 22.7. The van der Waals surface area contributed by atoms with Crippen LogP contribution < -0.4 is 10.6 Å². The number of hydrogen-bond acceptors (Lipinski definition) is 4. The monoisotopic (exact) mass is 420 g/mol. The Kier molecular flexibility index (Phi) is 7.26. The summed E-state index contributed by atoms with van der Waals surface area (Å²) in [5.41, 5.74) is 1.75. The van der Waals surface area contributed by atoms with E-state index in [2.05, 4.69) is 29.5 Å². The summed E-state index contributed by atoms with van der Waals surface area (Å²) in [4.78, 5) is 9.48. The number of nitrogens with zero attached hydrogens (tertiary/aromatic N) is 2. The van der Waals surface area contributed by atoms with E-state index in [0.717, 1.165) is 17.8 Å². The average Bonchev–Trinajstić information content (AvgIpc) is 2.75. The van der Waals surface area contributed by atoms with E-state index in [4.69, 9.17) is 4.98 Å². The van der Waals surface area contributed by atoms with Crippen LogP contribution in [0.5, 0.6) is 0 Å². The number of para-hydroxylation sites is 2. The van der Waals surface area contributed by atoms with E-state index in [0.29, 0.717) is 35.2 Å². The number of alkyl halides is 1. The third kappa shape index (κ3) is 5.40. The molecule has 0 saturated heterocycles. The Labute approximate surface area is 185 Å². The predicted molar refractivity (Wildman–Crippen MR) is 128 cm³/mol. The van der Waals surface area contributed by atoms with E-state index >= 15 is 4.39 Å². The Bertz CT molecular complexity index is 988. The zero-order valence-electron chi connectivity index (χ0n) is 19.1. The summed E-state index contributed by atoms with van der Waals surface area (Å²) in [6.45, 7) is 10.0. The topological polar surface area (TPSA) is 49.8 Å². The Balaban J connectivity index is 2.03. The zero-order valence-corrected chi connectivity index (χ0v) is 19.1. The molecular formula is C26H33FN4. The Morgan fingerprint density at radius 3 is 2.23 bits per heavy atom. The second-order valence-corrected chi connectivity index (χ2v) is 8.69. The van der Waals surface area contributed by atoms with Gasteiger partial charge in [-0.1, -0.05) is 71.0 Å². The van der Waals surface area contributed by atoms with Crippen LogP contribution in [0.25, 0.3) is 0 Å². The van der Waals surface area contributed by atoms with Gasteiger partial charge in [0.25, 0.3) is 0 Å². The number of hydrogen-bond donors (Lipinski definition) is 2. The molecule has 1 aromatic heterocycles. The van der Waals surface area contributed by atoms with Gasteiger partial charge in [0.15, 0.2) is 11.6 Å². The third-order valence-corrected chi connectivity index (χ3v) is 5.53. The fourth-order valence-corrected chi connectivity index (χ4v) is 3.77. The molecule has 1 unspecified atom stereocenters. The summed E-state index contributed by atoms with van der Waals surface area (Å²) in [5, 5.41) is 6.73. The smallest absolute Gasteiger partial charge is 0.174 e. The first-order valence-corrected chi connectivity index (χ1v) is 11.1. The lowest BCUT2D eigenvalue weighted by Crippen LogP contribution is -2.27. The van der Waals surface area contributed by atoms with Crippen LogP contribution in [0, 0.1) is 11.8 Å². The van der Waals surface area contributed by atoms with Crippen molar-refractivity contribution in [3.05, 3.63) is 72.1 Å². The standard InChI is InChI=1S/C26H33FN4/c1-6-26(27,19(4)5)22-14-10-11-15-23(22)31-25-24(29-20-12-8-7-9-13-20)28-17-21(30-25)16-18(2)3/h7-15,17-19H,6,16H2,1-5H3,(H,28,29)(H,30,31). The summed E-state index contributed by atoms with van der Waals surface area (Å²) in [6, 6.07) is 17.4. The molecule has 2 aromatic carbocycles. The lowest BCUT2D eigenvalue weighted by molar-refractivity contribution is 0.0944. The molecule has 3 rings (SSSR count). The largest absolute Gasteiger partial charge is 0.337 e. The van der Waals surface area contributed by atoms with Gasteiger partial charge in [-0.25, -0.2) is 14.4 Å². The molecule has 0 spiro atoms. The molecule has 5 heteroatoms. The first-order chi connectivity index (χ1) is 14.8. The molecule has 0 amide bonds. The highest BCUT2D eigenvalue weighted by atomic mass is 19.1. The maximum absolute atomic E-state index is 15.9. The first-order valence-electron chi connectivity index (χ1n) is 11.1. The van der Waals surface area contributed by atoms with Gasteiger partial charge in [0, 0.05) is 16.9 Å². The van der Waals surface area contributed by atoms with Gasteiger partial charge >= 0.3 is 0 Å². The van der Waals surface area contributed by atoms with Crippen LogP contribution in [0.4, 0.5) is 27.4 Å². The van der Waals surface area contributed by atoms with Crippen molar-refractivity contribution >= 4 is 23.0 Å². The molecule has 0 aliphatic rings. The minimum absolute atomic E-state index is 0.152. The van der Waals surface area contributed by atoms with Crippen LogP contribution in [0.2, 0.25) is 0 Å². The number of anilines is 4. The Morgan fingerprint density at radius 1 is 0.903 bits per heavy atom. The number of aromatic nitrogens is 2. The van der Waals surface area contributed by atoms with Crippen molar-refractivity contribution in [2.45, 2.75) is 53.1 Å². The van der Waals surface area contributed by atoms with E-state index in [1.54, 1.807) is 0 Å². The maximum Gasteiger partial charge on any atom is 0.174 e. The van der Waals surface area contributed by atoms with E-state index in [9.17, 15) is 0 Å². The van der Waals surface area contributed by atoms with Crippen molar-refractivity contribution in [2.75, 3.05) is 10.6 Å². The molecular weight excluding hydrogens is 387 g/mol. The summed E-state index contributed by atoms with van der Waals surface area (Å²) in [7, 11) is 0. The normalized spacial score (nSPS) is 13.3. The van der Waals surface area contributed by atoms with E-state index in [-0.39, 0.29) is 5.92 Å². The molecule has 0 bridgehead atoms. The summed E-state index contributed by atoms with van der Waals surface area (Å²) >= 11 is 0. The van der Waals surface area contributed by atoms with E-state index < -0.39 is 5.67 Å². The zero-order chi connectivity index (χ0) is 22.4. The number of benzene rings is 2. The average molecular weight is 421 g/mol. The molecule has 1 atom stereocenters. The van der Waals surface area contributed by atoms with Gasteiger partial charge in [-0.15, -0.1) is 0 Å².